The molecule has 3 aromatic rings. The van der Waals surface area contributed by atoms with E-state index < -0.39 is 0 Å². The van der Waals surface area contributed by atoms with Crippen LogP contribution in [0.1, 0.15) is 30.4 Å². The number of anilines is 1. The van der Waals surface area contributed by atoms with Crippen LogP contribution in [-0.2, 0) is 16.2 Å². The summed E-state index contributed by atoms with van der Waals surface area (Å²) in [5.41, 5.74) is 4.94. The van der Waals surface area contributed by atoms with E-state index in [-0.39, 0.29) is 24.7 Å². The van der Waals surface area contributed by atoms with Crippen molar-refractivity contribution in [3.8, 4) is 5.75 Å². The van der Waals surface area contributed by atoms with E-state index in [0.717, 1.165) is 16.9 Å². The minimum absolute atomic E-state index is 0.179. The molecule has 0 aliphatic rings. The molecule has 3 aromatic carbocycles. The lowest BCUT2D eigenvalue weighted by atomic mass is 10.2. The molecule has 0 aliphatic heterocycles. The van der Waals surface area contributed by atoms with Crippen molar-refractivity contribution >= 4 is 46.9 Å². The van der Waals surface area contributed by atoms with Crippen LogP contribution >= 0.6 is 23.2 Å². The molecule has 0 unspecified atom stereocenters. The van der Waals surface area contributed by atoms with Crippen LogP contribution in [0, 0.1) is 0 Å². The summed E-state index contributed by atoms with van der Waals surface area (Å²) in [6.07, 6.45) is 2.32. The molecule has 3 rings (SSSR count). The number of hydrazone groups is 1. The summed E-state index contributed by atoms with van der Waals surface area (Å²) in [7, 11) is 0. The number of amides is 2. The SMILES string of the molecule is O=C(CCCC(=O)Nc1ccc(Cl)c(Cl)c1)N/N=C\c1ccc(OCc2ccccc2)cc1. The fourth-order valence-electron chi connectivity index (χ4n) is 2.83. The maximum atomic E-state index is 12.0. The summed E-state index contributed by atoms with van der Waals surface area (Å²) >= 11 is 11.8. The minimum Gasteiger partial charge on any atom is -0.489 e. The second kappa shape index (κ2) is 12.6. The Morgan fingerprint density at radius 2 is 1.61 bits per heavy atom. The molecule has 0 aromatic heterocycles. The van der Waals surface area contributed by atoms with Gasteiger partial charge in [0.05, 0.1) is 16.3 Å². The molecular formula is C25H23Cl2N3O3. The molecule has 8 heteroatoms. The highest BCUT2D eigenvalue weighted by Crippen LogP contribution is 2.25. The van der Waals surface area contributed by atoms with Crippen molar-refractivity contribution in [2.45, 2.75) is 25.9 Å². The molecule has 33 heavy (non-hydrogen) atoms. The van der Waals surface area contributed by atoms with E-state index in [1.54, 1.807) is 24.4 Å². The molecule has 0 saturated heterocycles. The van der Waals surface area contributed by atoms with Crippen molar-refractivity contribution in [1.29, 1.82) is 0 Å². The summed E-state index contributed by atoms with van der Waals surface area (Å²) in [5, 5.41) is 7.45. The van der Waals surface area contributed by atoms with Gasteiger partial charge in [0.25, 0.3) is 0 Å². The van der Waals surface area contributed by atoms with E-state index >= 15 is 0 Å². The van der Waals surface area contributed by atoms with Gasteiger partial charge in [-0.2, -0.15) is 5.10 Å². The zero-order chi connectivity index (χ0) is 23.5. The number of hydrogen-bond donors (Lipinski definition) is 2. The van der Waals surface area contributed by atoms with Gasteiger partial charge in [-0.15, -0.1) is 0 Å². The highest BCUT2D eigenvalue weighted by molar-refractivity contribution is 6.42. The molecule has 0 bridgehead atoms. The summed E-state index contributed by atoms with van der Waals surface area (Å²) in [6.45, 7) is 0.496. The second-order valence-corrected chi connectivity index (χ2v) is 7.98. The van der Waals surface area contributed by atoms with Crippen molar-refractivity contribution in [2.75, 3.05) is 5.32 Å². The van der Waals surface area contributed by atoms with Crippen molar-refractivity contribution in [2.24, 2.45) is 5.10 Å². The molecule has 0 aliphatic carbocycles. The van der Waals surface area contributed by atoms with E-state index in [0.29, 0.717) is 28.8 Å². The van der Waals surface area contributed by atoms with Gasteiger partial charge in [-0.05, 0) is 60.0 Å². The zero-order valence-corrected chi connectivity index (χ0v) is 19.3. The van der Waals surface area contributed by atoms with E-state index in [4.69, 9.17) is 27.9 Å². The van der Waals surface area contributed by atoms with E-state index in [1.807, 2.05) is 54.6 Å². The van der Waals surface area contributed by atoms with E-state index in [9.17, 15) is 9.59 Å². The van der Waals surface area contributed by atoms with Gasteiger partial charge < -0.3 is 10.1 Å². The number of benzene rings is 3. The molecule has 0 radical (unpaired) electrons. The van der Waals surface area contributed by atoms with Crippen LogP contribution in [0.15, 0.2) is 77.9 Å². The lowest BCUT2D eigenvalue weighted by Gasteiger charge is -2.06. The molecule has 0 atom stereocenters. The second-order valence-electron chi connectivity index (χ2n) is 7.17. The van der Waals surface area contributed by atoms with Crippen LogP contribution < -0.4 is 15.5 Å². The number of ether oxygens (including phenoxy) is 1. The largest absolute Gasteiger partial charge is 0.489 e. The summed E-state index contributed by atoms with van der Waals surface area (Å²) < 4.78 is 5.74. The quantitative estimate of drug-likeness (QED) is 0.281. The summed E-state index contributed by atoms with van der Waals surface area (Å²) in [5.74, 6) is 0.273. The number of halogens is 2. The van der Waals surface area contributed by atoms with Crippen LogP contribution in [0.25, 0.3) is 0 Å². The number of nitrogens with one attached hydrogen (secondary N) is 2. The lowest BCUT2D eigenvalue weighted by molar-refractivity contribution is -0.121. The predicted molar refractivity (Wildman–Crippen MR) is 132 cm³/mol. The average molecular weight is 484 g/mol. The van der Waals surface area contributed by atoms with Gasteiger partial charge >= 0.3 is 0 Å². The van der Waals surface area contributed by atoms with E-state index in [1.165, 1.54) is 0 Å². The monoisotopic (exact) mass is 483 g/mol. The van der Waals surface area contributed by atoms with Crippen LogP contribution in [0.4, 0.5) is 5.69 Å². The topological polar surface area (TPSA) is 79.8 Å². The Morgan fingerprint density at radius 1 is 0.879 bits per heavy atom. The Labute approximate surface area is 202 Å². The Hall–Kier alpha value is -3.35. The van der Waals surface area contributed by atoms with Gasteiger partial charge in [0, 0.05) is 18.5 Å². The third-order valence-electron chi connectivity index (χ3n) is 4.54. The zero-order valence-electron chi connectivity index (χ0n) is 17.8. The average Bonchev–Trinajstić information content (AvgIpc) is 2.81. The molecule has 0 fully saturated rings. The maximum Gasteiger partial charge on any atom is 0.240 e. The summed E-state index contributed by atoms with van der Waals surface area (Å²) in [4.78, 5) is 23.9. The number of hydrogen-bond acceptors (Lipinski definition) is 4. The van der Waals surface area contributed by atoms with E-state index in [2.05, 4.69) is 15.8 Å². The molecule has 170 valence electrons. The van der Waals surface area contributed by atoms with Gasteiger partial charge in [0.1, 0.15) is 12.4 Å². The smallest absolute Gasteiger partial charge is 0.240 e. The Kier molecular flexibility index (Phi) is 9.30. The first-order valence-electron chi connectivity index (χ1n) is 10.3. The van der Waals surface area contributed by atoms with Crippen LogP contribution in [0.5, 0.6) is 5.75 Å². The first-order chi connectivity index (χ1) is 16.0. The first kappa shape index (κ1) is 24.3. The van der Waals surface area contributed by atoms with Crippen molar-refractivity contribution in [3.63, 3.8) is 0 Å². The van der Waals surface area contributed by atoms with Gasteiger partial charge in [0.15, 0.2) is 0 Å². The van der Waals surface area contributed by atoms with Crippen molar-refractivity contribution in [1.82, 2.24) is 5.43 Å². The Balaban J connectivity index is 1.33. The molecule has 2 amide bonds. The number of nitrogens with zero attached hydrogens (tertiary/aromatic N) is 1. The number of rotatable bonds is 10. The molecule has 2 N–H and O–H groups in total. The van der Waals surface area contributed by atoms with Gasteiger partial charge in [-0.1, -0.05) is 53.5 Å². The minimum atomic E-state index is -0.267. The van der Waals surface area contributed by atoms with Crippen molar-refractivity contribution < 1.29 is 14.3 Å². The number of carbonyl (C=O) groups excluding carboxylic acids is 2. The van der Waals surface area contributed by atoms with Crippen molar-refractivity contribution in [3.05, 3.63) is 94.0 Å². The van der Waals surface area contributed by atoms with Crippen LogP contribution in [-0.4, -0.2) is 18.0 Å². The Morgan fingerprint density at radius 3 is 2.33 bits per heavy atom. The Bertz CT molecular complexity index is 1100. The third-order valence-corrected chi connectivity index (χ3v) is 5.28. The van der Waals surface area contributed by atoms with Gasteiger partial charge in [-0.3, -0.25) is 9.59 Å². The molecular weight excluding hydrogens is 461 g/mol. The molecule has 0 heterocycles. The highest BCUT2D eigenvalue weighted by atomic mass is 35.5. The summed E-state index contributed by atoms with van der Waals surface area (Å²) in [6, 6.07) is 22.2. The lowest BCUT2D eigenvalue weighted by Crippen LogP contribution is -2.18. The molecule has 0 saturated carbocycles. The van der Waals surface area contributed by atoms with Gasteiger partial charge in [-0.25, -0.2) is 5.43 Å². The highest BCUT2D eigenvalue weighted by Gasteiger charge is 2.07. The predicted octanol–water partition coefficient (Wildman–Crippen LogP) is 5.83. The standard InChI is InChI=1S/C25H23Cl2N3O3/c26-22-14-11-20(15-23(22)27)29-24(31)7-4-8-25(32)30-28-16-18-9-12-21(13-10-18)33-17-19-5-2-1-3-6-19/h1-3,5-6,9-16H,4,7-8,17H2,(H,29,31)(H,30,32)/b28-16-. The van der Waals surface area contributed by atoms with Gasteiger partial charge in [0.2, 0.25) is 11.8 Å². The third kappa shape index (κ3) is 8.60. The maximum absolute atomic E-state index is 12.0. The molecule has 0 spiro atoms. The number of carbonyl (C=O) groups is 2. The fourth-order valence-corrected chi connectivity index (χ4v) is 3.13. The van der Waals surface area contributed by atoms with Crippen LogP contribution in [0.2, 0.25) is 10.0 Å². The normalized spacial score (nSPS) is 10.7. The molecule has 6 nitrogen and oxygen atoms in total. The fraction of sp³-hybridized carbons (Fsp3) is 0.160. The van der Waals surface area contributed by atoms with Crippen LogP contribution in [0.3, 0.4) is 0 Å². The first-order valence-corrected chi connectivity index (χ1v) is 11.1.